The molecule has 2 atom stereocenters. The van der Waals surface area contributed by atoms with Crippen LogP contribution in [0.3, 0.4) is 0 Å². The average Bonchev–Trinajstić information content (AvgIpc) is 3.73. The van der Waals surface area contributed by atoms with Crippen LogP contribution in [0.2, 0.25) is 0 Å². The first-order chi connectivity index (χ1) is 24.8. The van der Waals surface area contributed by atoms with E-state index in [4.69, 9.17) is 18.9 Å². The normalized spacial score (nSPS) is 23.6. The molecule has 2 aromatic carbocycles. The minimum atomic E-state index is 0.428. The highest BCUT2D eigenvalue weighted by atomic mass is 16.6. The Morgan fingerprint density at radius 1 is 0.520 bits per heavy atom. The van der Waals surface area contributed by atoms with Crippen LogP contribution in [0.15, 0.2) is 24.3 Å². The van der Waals surface area contributed by atoms with E-state index in [0.29, 0.717) is 38.5 Å². The molecule has 4 aromatic rings. The van der Waals surface area contributed by atoms with Gasteiger partial charge >= 0.3 is 0 Å². The summed E-state index contributed by atoms with van der Waals surface area (Å²) < 4.78 is 23.1. The summed E-state index contributed by atoms with van der Waals surface area (Å²) >= 11 is 0. The van der Waals surface area contributed by atoms with Crippen LogP contribution in [0.25, 0.3) is 21.8 Å². The predicted octanol–water partition coefficient (Wildman–Crippen LogP) is 6.00. The molecule has 10 nitrogen and oxygen atoms in total. The Morgan fingerprint density at radius 2 is 0.920 bits per heavy atom. The molecule has 6 aliphatic heterocycles. The van der Waals surface area contributed by atoms with Crippen molar-refractivity contribution in [3.8, 4) is 23.0 Å². The fraction of sp³-hybridized carbons (Fsp3) is 0.600. The highest BCUT2D eigenvalue weighted by Crippen LogP contribution is 2.41. The Kier molecular flexibility index (Phi) is 9.52. The Hall–Kier alpha value is -3.44. The molecule has 0 unspecified atom stereocenters. The number of ether oxygens (including phenoxy) is 4. The second-order valence-electron chi connectivity index (χ2n) is 15.0. The van der Waals surface area contributed by atoms with E-state index in [-0.39, 0.29) is 0 Å². The number of benzene rings is 2. The van der Waals surface area contributed by atoms with Crippen LogP contribution >= 0.6 is 0 Å². The number of nitrogens with zero attached hydrogens (tertiary/aromatic N) is 2. The summed E-state index contributed by atoms with van der Waals surface area (Å²) in [5.74, 6) is 3.53. The van der Waals surface area contributed by atoms with E-state index in [9.17, 15) is 0 Å². The minimum absolute atomic E-state index is 0.428. The zero-order valence-electron chi connectivity index (χ0n) is 29.5. The van der Waals surface area contributed by atoms with E-state index in [0.717, 1.165) is 48.9 Å². The van der Waals surface area contributed by atoms with E-state index < -0.39 is 0 Å². The molecule has 6 aliphatic rings. The molecule has 0 saturated carbocycles. The quantitative estimate of drug-likeness (QED) is 0.197. The topological polar surface area (TPSA) is 99.0 Å². The van der Waals surface area contributed by atoms with E-state index in [1.165, 1.54) is 135 Å². The number of hydrogen-bond acceptors (Lipinski definition) is 8. The Morgan fingerprint density at radius 3 is 1.34 bits per heavy atom. The molecule has 2 aromatic heterocycles. The van der Waals surface area contributed by atoms with Gasteiger partial charge in [-0.2, -0.15) is 0 Å². The lowest BCUT2D eigenvalue weighted by Crippen LogP contribution is -2.35. The molecule has 50 heavy (non-hydrogen) atoms. The first-order valence-corrected chi connectivity index (χ1v) is 19.6. The van der Waals surface area contributed by atoms with Crippen LogP contribution in [-0.4, -0.2) is 98.6 Å². The maximum atomic E-state index is 5.78. The molecule has 0 bridgehead atoms. The molecular weight excluding hydrogens is 628 g/mol. The van der Waals surface area contributed by atoms with Crippen molar-refractivity contribution in [2.75, 3.05) is 78.8 Å². The van der Waals surface area contributed by atoms with Gasteiger partial charge in [0.05, 0.1) is 0 Å². The largest absolute Gasteiger partial charge is 0.486 e. The molecule has 4 N–H and O–H groups in total. The Balaban J connectivity index is 0.000000135. The van der Waals surface area contributed by atoms with Gasteiger partial charge in [-0.25, -0.2) is 0 Å². The predicted molar refractivity (Wildman–Crippen MR) is 197 cm³/mol. The lowest BCUT2D eigenvalue weighted by atomic mass is 9.97. The molecule has 0 amide bonds. The molecule has 2 fully saturated rings. The van der Waals surface area contributed by atoms with Gasteiger partial charge < -0.3 is 49.3 Å². The van der Waals surface area contributed by atoms with Gasteiger partial charge in [-0.3, -0.25) is 0 Å². The molecule has 268 valence electrons. The summed E-state index contributed by atoms with van der Waals surface area (Å²) in [4.78, 5) is 12.6. The van der Waals surface area contributed by atoms with Gasteiger partial charge in [-0.15, -0.1) is 0 Å². The summed E-state index contributed by atoms with van der Waals surface area (Å²) in [5.41, 5.74) is 8.05. The highest BCUT2D eigenvalue weighted by Gasteiger charge is 2.28. The lowest BCUT2D eigenvalue weighted by molar-refractivity contribution is 0.172. The fourth-order valence-corrected chi connectivity index (χ4v) is 9.18. The van der Waals surface area contributed by atoms with Crippen LogP contribution in [0.5, 0.6) is 23.0 Å². The first-order valence-electron chi connectivity index (χ1n) is 19.6. The van der Waals surface area contributed by atoms with Crippen molar-refractivity contribution in [2.45, 2.75) is 76.3 Å². The number of nitrogens with one attached hydrogen (secondary N) is 4. The van der Waals surface area contributed by atoms with Crippen molar-refractivity contribution >= 4 is 21.8 Å². The van der Waals surface area contributed by atoms with Crippen molar-refractivity contribution in [2.24, 2.45) is 0 Å². The van der Waals surface area contributed by atoms with Crippen LogP contribution in [0, 0.1) is 0 Å². The molecule has 10 heteroatoms. The molecule has 10 rings (SSSR count). The smallest absolute Gasteiger partial charge is 0.163 e. The summed E-state index contributed by atoms with van der Waals surface area (Å²) in [6, 6.07) is 9.43. The van der Waals surface area contributed by atoms with Gasteiger partial charge in [0.15, 0.2) is 23.0 Å². The summed E-state index contributed by atoms with van der Waals surface area (Å²) in [6.07, 6.45) is 12.8. The third-order valence-corrected chi connectivity index (χ3v) is 11.8. The van der Waals surface area contributed by atoms with Crippen molar-refractivity contribution in [1.82, 2.24) is 30.4 Å². The molecule has 0 spiro atoms. The van der Waals surface area contributed by atoms with Crippen LogP contribution in [0.1, 0.15) is 86.0 Å². The second kappa shape index (κ2) is 14.7. The molecular formula is C40H54N6O4. The summed E-state index contributed by atoms with van der Waals surface area (Å²) in [7, 11) is 0. The van der Waals surface area contributed by atoms with Crippen LogP contribution in [0.4, 0.5) is 0 Å². The van der Waals surface area contributed by atoms with Crippen LogP contribution < -0.4 is 29.6 Å². The van der Waals surface area contributed by atoms with E-state index >= 15 is 0 Å². The zero-order chi connectivity index (χ0) is 33.3. The van der Waals surface area contributed by atoms with E-state index in [1.807, 2.05) is 0 Å². The third kappa shape index (κ3) is 6.67. The number of fused-ring (bicyclic) bond motifs is 8. The first kappa shape index (κ1) is 32.5. The summed E-state index contributed by atoms with van der Waals surface area (Å²) in [5, 5.41) is 10.1. The maximum Gasteiger partial charge on any atom is 0.163 e. The maximum absolute atomic E-state index is 5.78. The second-order valence-corrected chi connectivity index (χ2v) is 15.0. The zero-order valence-corrected chi connectivity index (χ0v) is 29.5. The van der Waals surface area contributed by atoms with Gasteiger partial charge in [0, 0.05) is 57.4 Å². The highest BCUT2D eigenvalue weighted by molar-refractivity contribution is 5.89. The monoisotopic (exact) mass is 682 g/mol. The van der Waals surface area contributed by atoms with Gasteiger partial charge in [0.25, 0.3) is 0 Å². The fourth-order valence-electron chi connectivity index (χ4n) is 9.18. The standard InChI is InChI=1S/2C20H27N3O2/c2*1-2-7-23(8-3-1)9-5-16-20-14(4-6-21-16)15-12-18-19(13-17(15)22-20)25-11-10-24-18/h2*12-13,16,21-22H,1-11H2/t2*16-/m10/s1. The molecule has 8 heterocycles. The minimum Gasteiger partial charge on any atom is -0.486 e. The van der Waals surface area contributed by atoms with Crippen molar-refractivity contribution in [1.29, 1.82) is 0 Å². The number of H-pyrrole nitrogens is 2. The van der Waals surface area contributed by atoms with Crippen molar-refractivity contribution in [3.05, 3.63) is 46.8 Å². The number of piperidine rings is 2. The van der Waals surface area contributed by atoms with Gasteiger partial charge in [0.1, 0.15) is 26.4 Å². The van der Waals surface area contributed by atoms with Gasteiger partial charge in [-0.05, 0) is 127 Å². The Labute approximate surface area is 295 Å². The number of hydrogen-bond donors (Lipinski definition) is 4. The number of aromatic amines is 2. The molecule has 0 aliphatic carbocycles. The van der Waals surface area contributed by atoms with Crippen molar-refractivity contribution in [3.63, 3.8) is 0 Å². The number of rotatable bonds is 6. The number of likely N-dealkylation sites (tertiary alicyclic amines) is 2. The summed E-state index contributed by atoms with van der Waals surface area (Å²) in [6.45, 7) is 12.1. The lowest BCUT2D eigenvalue weighted by Gasteiger charge is -2.30. The van der Waals surface area contributed by atoms with Gasteiger partial charge in [-0.1, -0.05) is 12.8 Å². The van der Waals surface area contributed by atoms with Crippen LogP contribution in [-0.2, 0) is 12.8 Å². The third-order valence-electron chi connectivity index (χ3n) is 11.8. The SMILES string of the molecule is c1c2c(cc3c4c([nH]c13)[C@@H](CCN1CCCCC1)NCC4)OCCO2.c1c2c(cc3c4c([nH]c13)[C@H](CCN1CCCCC1)NCC4)OCCO2. The molecule has 0 radical (unpaired) electrons. The molecule has 2 saturated heterocycles. The van der Waals surface area contributed by atoms with E-state index in [1.54, 1.807) is 0 Å². The Bertz CT molecular complexity index is 1660. The van der Waals surface area contributed by atoms with E-state index in [2.05, 4.69) is 54.7 Å². The number of aromatic nitrogens is 2. The van der Waals surface area contributed by atoms with Gasteiger partial charge in [0.2, 0.25) is 0 Å². The average molecular weight is 683 g/mol. The van der Waals surface area contributed by atoms with Crippen molar-refractivity contribution < 1.29 is 18.9 Å².